The molecule has 4 heteroatoms. The third kappa shape index (κ3) is 4.68. The molecule has 0 saturated carbocycles. The van der Waals surface area contributed by atoms with Crippen LogP contribution in [0.2, 0.25) is 0 Å². The van der Waals surface area contributed by atoms with Gasteiger partial charge in [-0.15, -0.1) is 11.8 Å². The van der Waals surface area contributed by atoms with Gasteiger partial charge in [0.15, 0.2) is 6.29 Å². The molecular weight excluding hydrogens is 234 g/mol. The third-order valence-corrected chi connectivity index (χ3v) is 3.40. The average molecular weight is 255 g/mol. The summed E-state index contributed by atoms with van der Waals surface area (Å²) in [4.78, 5) is 1.29. The van der Waals surface area contributed by atoms with Crippen molar-refractivity contribution in [2.24, 2.45) is 0 Å². The Morgan fingerprint density at radius 2 is 1.76 bits per heavy atom. The zero-order chi connectivity index (χ0) is 12.7. The minimum absolute atomic E-state index is 0.158. The number of methoxy groups -OCH3 is 2. The first-order valence-corrected chi connectivity index (χ1v) is 6.85. The van der Waals surface area contributed by atoms with Crippen LogP contribution < -0.4 is 5.32 Å². The van der Waals surface area contributed by atoms with Crippen LogP contribution in [0.25, 0.3) is 0 Å². The fourth-order valence-corrected chi connectivity index (χ4v) is 2.03. The predicted octanol–water partition coefficient (Wildman–Crippen LogP) is 2.51. The van der Waals surface area contributed by atoms with E-state index in [4.69, 9.17) is 9.47 Å². The molecule has 1 unspecified atom stereocenters. The first kappa shape index (κ1) is 14.5. The van der Waals surface area contributed by atoms with Crippen LogP contribution in [0.3, 0.4) is 0 Å². The summed E-state index contributed by atoms with van der Waals surface area (Å²) in [5.74, 6) is 0. The lowest BCUT2D eigenvalue weighted by Crippen LogP contribution is -2.39. The molecule has 1 aromatic rings. The molecule has 1 N–H and O–H groups in total. The van der Waals surface area contributed by atoms with E-state index in [1.165, 1.54) is 10.5 Å². The summed E-state index contributed by atoms with van der Waals surface area (Å²) < 4.78 is 10.4. The maximum atomic E-state index is 5.20. The van der Waals surface area contributed by atoms with Gasteiger partial charge in [0, 0.05) is 25.7 Å². The van der Waals surface area contributed by atoms with Gasteiger partial charge in [0.1, 0.15) is 0 Å². The van der Waals surface area contributed by atoms with E-state index in [0.717, 1.165) is 6.54 Å². The van der Waals surface area contributed by atoms with Crippen molar-refractivity contribution < 1.29 is 9.47 Å². The van der Waals surface area contributed by atoms with E-state index in [-0.39, 0.29) is 12.3 Å². The second-order valence-electron chi connectivity index (χ2n) is 3.86. The Morgan fingerprint density at radius 1 is 1.18 bits per heavy atom. The summed E-state index contributed by atoms with van der Waals surface area (Å²) in [7, 11) is 3.30. The van der Waals surface area contributed by atoms with Crippen LogP contribution in [0.4, 0.5) is 0 Å². The van der Waals surface area contributed by atoms with Crippen LogP contribution in [-0.4, -0.2) is 32.8 Å². The number of hydrogen-bond donors (Lipinski definition) is 1. The van der Waals surface area contributed by atoms with E-state index in [1.807, 2.05) is 6.92 Å². The predicted molar refractivity (Wildman–Crippen MR) is 72.3 cm³/mol. The van der Waals surface area contributed by atoms with Gasteiger partial charge in [-0.25, -0.2) is 0 Å². The Balaban J connectivity index is 2.43. The van der Waals surface area contributed by atoms with Crippen LogP contribution in [0, 0.1) is 0 Å². The largest absolute Gasteiger partial charge is 0.354 e. The molecule has 3 nitrogen and oxygen atoms in total. The van der Waals surface area contributed by atoms with Crippen LogP contribution in [-0.2, 0) is 16.0 Å². The lowest BCUT2D eigenvalue weighted by Gasteiger charge is -2.22. The fourth-order valence-electron chi connectivity index (χ4n) is 1.62. The van der Waals surface area contributed by atoms with Gasteiger partial charge in [0.2, 0.25) is 0 Å². The first-order chi connectivity index (χ1) is 8.21. The summed E-state index contributed by atoms with van der Waals surface area (Å²) >= 11 is 1.75. The number of thioether (sulfide) groups is 1. The topological polar surface area (TPSA) is 30.5 Å². The summed E-state index contributed by atoms with van der Waals surface area (Å²) in [5.41, 5.74) is 1.26. The minimum atomic E-state index is -0.208. The maximum Gasteiger partial charge on any atom is 0.171 e. The molecule has 0 spiro atoms. The molecule has 0 aliphatic heterocycles. The molecule has 96 valence electrons. The van der Waals surface area contributed by atoms with Gasteiger partial charge in [0.25, 0.3) is 0 Å². The van der Waals surface area contributed by atoms with E-state index >= 15 is 0 Å². The normalized spacial score (nSPS) is 13.0. The van der Waals surface area contributed by atoms with Crippen molar-refractivity contribution in [2.75, 3.05) is 20.5 Å². The second-order valence-corrected chi connectivity index (χ2v) is 4.74. The highest BCUT2D eigenvalue weighted by Crippen LogP contribution is 2.14. The van der Waals surface area contributed by atoms with Gasteiger partial charge < -0.3 is 14.8 Å². The Hall–Kier alpha value is -0.550. The monoisotopic (exact) mass is 255 g/mol. The lowest BCUT2D eigenvalue weighted by molar-refractivity contribution is -0.119. The van der Waals surface area contributed by atoms with Crippen LogP contribution >= 0.6 is 11.8 Å². The number of nitrogens with one attached hydrogen (secondary N) is 1. The Morgan fingerprint density at radius 3 is 2.24 bits per heavy atom. The van der Waals surface area contributed by atoms with E-state index in [1.54, 1.807) is 26.0 Å². The molecule has 1 rings (SSSR count). The van der Waals surface area contributed by atoms with E-state index < -0.39 is 0 Å². The van der Waals surface area contributed by atoms with E-state index in [9.17, 15) is 0 Å². The molecule has 0 amide bonds. The fraction of sp³-hybridized carbons (Fsp3) is 0.538. The number of hydrogen-bond acceptors (Lipinski definition) is 4. The Bertz CT molecular complexity index is 312. The third-order valence-electron chi connectivity index (χ3n) is 2.66. The van der Waals surface area contributed by atoms with E-state index in [0.29, 0.717) is 0 Å². The Kier molecular flexibility index (Phi) is 6.58. The summed E-state index contributed by atoms with van der Waals surface area (Å²) in [6, 6.07) is 8.71. The molecule has 1 aromatic carbocycles. The maximum absolute atomic E-state index is 5.20. The molecule has 1 atom stereocenters. The van der Waals surface area contributed by atoms with Gasteiger partial charge in [-0.1, -0.05) is 12.1 Å². The quantitative estimate of drug-likeness (QED) is 0.599. The Labute approximate surface area is 108 Å². The molecule has 0 aliphatic carbocycles. The molecular formula is C13H21NO2S. The second kappa shape index (κ2) is 7.71. The first-order valence-electron chi connectivity index (χ1n) is 5.63. The molecule has 0 saturated heterocycles. The zero-order valence-electron chi connectivity index (χ0n) is 10.9. The van der Waals surface area contributed by atoms with Gasteiger partial charge in [-0.05, 0) is 30.9 Å². The van der Waals surface area contributed by atoms with E-state index in [2.05, 4.69) is 35.8 Å². The average Bonchev–Trinajstić information content (AvgIpc) is 2.38. The van der Waals surface area contributed by atoms with Crippen molar-refractivity contribution in [2.45, 2.75) is 30.7 Å². The highest BCUT2D eigenvalue weighted by atomic mass is 32.2. The summed E-state index contributed by atoms with van der Waals surface area (Å²) in [5, 5.41) is 3.38. The molecule has 17 heavy (non-hydrogen) atoms. The molecule has 0 radical (unpaired) electrons. The molecule has 0 heterocycles. The standard InChI is InChI=1S/C13H21NO2S/c1-10(13(15-2)16-3)14-9-11-5-7-12(17-4)8-6-11/h5-8,10,13-14H,9H2,1-4H3. The van der Waals surface area contributed by atoms with Gasteiger partial charge in [0.05, 0.1) is 6.04 Å². The number of ether oxygens (including phenoxy) is 2. The molecule has 0 fully saturated rings. The smallest absolute Gasteiger partial charge is 0.171 e. The van der Waals surface area contributed by atoms with Gasteiger partial charge in [-0.2, -0.15) is 0 Å². The minimum Gasteiger partial charge on any atom is -0.354 e. The highest BCUT2D eigenvalue weighted by Gasteiger charge is 2.14. The molecule has 0 aromatic heterocycles. The van der Waals surface area contributed by atoms with Crippen molar-refractivity contribution in [1.29, 1.82) is 0 Å². The SMILES string of the molecule is COC(OC)C(C)NCc1ccc(SC)cc1. The zero-order valence-corrected chi connectivity index (χ0v) is 11.7. The summed E-state index contributed by atoms with van der Waals surface area (Å²) in [6.45, 7) is 2.87. The molecule has 0 aliphatic rings. The van der Waals surface area contributed by atoms with Gasteiger partial charge in [-0.3, -0.25) is 0 Å². The van der Waals surface area contributed by atoms with Crippen LogP contribution in [0.15, 0.2) is 29.2 Å². The lowest BCUT2D eigenvalue weighted by atomic mass is 10.2. The highest BCUT2D eigenvalue weighted by molar-refractivity contribution is 7.98. The van der Waals surface area contributed by atoms with Crippen LogP contribution in [0.1, 0.15) is 12.5 Å². The number of benzene rings is 1. The van der Waals surface area contributed by atoms with Crippen molar-refractivity contribution in [3.63, 3.8) is 0 Å². The van der Waals surface area contributed by atoms with Crippen molar-refractivity contribution in [3.8, 4) is 0 Å². The van der Waals surface area contributed by atoms with Crippen molar-refractivity contribution >= 4 is 11.8 Å². The number of rotatable bonds is 7. The molecule has 0 bridgehead atoms. The van der Waals surface area contributed by atoms with Crippen molar-refractivity contribution in [3.05, 3.63) is 29.8 Å². The summed E-state index contributed by atoms with van der Waals surface area (Å²) in [6.07, 6.45) is 1.87. The van der Waals surface area contributed by atoms with Gasteiger partial charge >= 0.3 is 0 Å². The van der Waals surface area contributed by atoms with Crippen molar-refractivity contribution in [1.82, 2.24) is 5.32 Å². The van der Waals surface area contributed by atoms with Crippen LogP contribution in [0.5, 0.6) is 0 Å².